The smallest absolute Gasteiger partial charge is 0.237 e. The summed E-state index contributed by atoms with van der Waals surface area (Å²) < 4.78 is 5.76. The first kappa shape index (κ1) is 17.4. The van der Waals surface area contributed by atoms with Crippen LogP contribution in [0.2, 0.25) is 0 Å². The first-order valence-electron chi connectivity index (χ1n) is 7.84. The number of likely N-dealkylation sites (N-methyl/N-ethyl adjacent to an activating group) is 1. The Labute approximate surface area is 123 Å². The Morgan fingerprint density at radius 1 is 1.45 bits per heavy atom. The van der Waals surface area contributed by atoms with E-state index >= 15 is 0 Å². The van der Waals surface area contributed by atoms with Gasteiger partial charge in [-0.1, -0.05) is 27.7 Å². The van der Waals surface area contributed by atoms with Crippen LogP contribution in [0, 0.1) is 5.92 Å². The molecule has 0 aromatic heterocycles. The van der Waals surface area contributed by atoms with Crippen LogP contribution in [0.15, 0.2) is 0 Å². The second kappa shape index (κ2) is 7.96. The Morgan fingerprint density at radius 2 is 2.10 bits per heavy atom. The third-order valence-corrected chi connectivity index (χ3v) is 4.41. The number of carbonyl (C=O) groups excluding carboxylic acids is 1. The molecule has 3 N–H and O–H groups in total. The number of nitrogens with zero attached hydrogens (tertiary/aromatic N) is 1. The van der Waals surface area contributed by atoms with E-state index in [0.29, 0.717) is 25.4 Å². The van der Waals surface area contributed by atoms with Crippen LogP contribution in [0.3, 0.4) is 0 Å². The standard InChI is InChI=1S/C15H31N3O2/c1-5-18(6-2)9-8-17-15(14(16)19)7-10-20-13(11-15)12(3)4/h12-13,17H,5-11H2,1-4H3,(H2,16,19). The highest BCUT2D eigenvalue weighted by atomic mass is 16.5. The summed E-state index contributed by atoms with van der Waals surface area (Å²) in [6.07, 6.45) is 1.46. The lowest BCUT2D eigenvalue weighted by molar-refractivity contribution is -0.133. The minimum Gasteiger partial charge on any atom is -0.378 e. The van der Waals surface area contributed by atoms with Gasteiger partial charge in [0.15, 0.2) is 0 Å². The van der Waals surface area contributed by atoms with Gasteiger partial charge in [-0.3, -0.25) is 4.79 Å². The Kier molecular flexibility index (Phi) is 6.92. The summed E-state index contributed by atoms with van der Waals surface area (Å²) in [6.45, 7) is 12.9. The fraction of sp³-hybridized carbons (Fsp3) is 0.933. The van der Waals surface area contributed by atoms with Crippen LogP contribution >= 0.6 is 0 Å². The minimum atomic E-state index is -0.597. The van der Waals surface area contributed by atoms with Gasteiger partial charge in [0.05, 0.1) is 6.10 Å². The zero-order chi connectivity index (χ0) is 15.2. The zero-order valence-corrected chi connectivity index (χ0v) is 13.4. The van der Waals surface area contributed by atoms with Crippen LogP contribution in [0.25, 0.3) is 0 Å². The molecule has 0 aromatic carbocycles. The largest absolute Gasteiger partial charge is 0.378 e. The van der Waals surface area contributed by atoms with Crippen molar-refractivity contribution in [2.24, 2.45) is 11.7 Å². The van der Waals surface area contributed by atoms with Crippen molar-refractivity contribution in [3.05, 3.63) is 0 Å². The highest BCUT2D eigenvalue weighted by molar-refractivity contribution is 5.84. The van der Waals surface area contributed by atoms with Gasteiger partial charge in [-0.05, 0) is 25.4 Å². The maximum absolute atomic E-state index is 11.9. The highest BCUT2D eigenvalue weighted by Gasteiger charge is 2.42. The average Bonchev–Trinajstić information content (AvgIpc) is 2.43. The van der Waals surface area contributed by atoms with Crippen molar-refractivity contribution in [2.75, 3.05) is 32.8 Å². The predicted octanol–water partition coefficient (Wildman–Crippen LogP) is 0.977. The second-order valence-electron chi connectivity index (χ2n) is 6.01. The van der Waals surface area contributed by atoms with E-state index in [0.717, 1.165) is 26.2 Å². The molecule has 0 aromatic rings. The van der Waals surface area contributed by atoms with Crippen molar-refractivity contribution >= 4 is 5.91 Å². The molecule has 1 aliphatic heterocycles. The van der Waals surface area contributed by atoms with E-state index in [2.05, 4.69) is 37.9 Å². The molecule has 5 nitrogen and oxygen atoms in total. The number of amides is 1. The van der Waals surface area contributed by atoms with Gasteiger partial charge in [0, 0.05) is 26.1 Å². The topological polar surface area (TPSA) is 67.6 Å². The van der Waals surface area contributed by atoms with Crippen molar-refractivity contribution in [1.82, 2.24) is 10.2 Å². The Hall–Kier alpha value is -0.650. The number of rotatable bonds is 8. The van der Waals surface area contributed by atoms with Gasteiger partial charge in [0.25, 0.3) is 0 Å². The van der Waals surface area contributed by atoms with E-state index in [9.17, 15) is 4.79 Å². The van der Waals surface area contributed by atoms with Gasteiger partial charge in [-0.25, -0.2) is 0 Å². The van der Waals surface area contributed by atoms with Crippen LogP contribution in [-0.2, 0) is 9.53 Å². The molecule has 2 unspecified atom stereocenters. The number of nitrogens with two attached hydrogens (primary N) is 1. The monoisotopic (exact) mass is 285 g/mol. The molecule has 1 heterocycles. The van der Waals surface area contributed by atoms with Crippen molar-refractivity contribution < 1.29 is 9.53 Å². The summed E-state index contributed by atoms with van der Waals surface area (Å²) in [4.78, 5) is 14.3. The number of hydrogen-bond donors (Lipinski definition) is 2. The van der Waals surface area contributed by atoms with Gasteiger partial charge >= 0.3 is 0 Å². The summed E-state index contributed by atoms with van der Waals surface area (Å²) >= 11 is 0. The summed E-state index contributed by atoms with van der Waals surface area (Å²) in [5.41, 5.74) is 5.08. The predicted molar refractivity (Wildman–Crippen MR) is 81.5 cm³/mol. The van der Waals surface area contributed by atoms with Gasteiger partial charge in [0.1, 0.15) is 5.54 Å². The van der Waals surface area contributed by atoms with E-state index in [4.69, 9.17) is 10.5 Å². The molecule has 1 rings (SSSR count). The maximum atomic E-state index is 11.9. The Balaban J connectivity index is 2.60. The fourth-order valence-electron chi connectivity index (χ4n) is 2.78. The van der Waals surface area contributed by atoms with E-state index in [1.54, 1.807) is 0 Å². The van der Waals surface area contributed by atoms with Crippen molar-refractivity contribution in [3.63, 3.8) is 0 Å². The maximum Gasteiger partial charge on any atom is 0.237 e. The lowest BCUT2D eigenvalue weighted by Crippen LogP contribution is -2.61. The van der Waals surface area contributed by atoms with Crippen molar-refractivity contribution in [2.45, 2.75) is 52.2 Å². The summed E-state index contributed by atoms with van der Waals surface area (Å²) in [6, 6.07) is 0. The number of nitrogens with one attached hydrogen (secondary N) is 1. The van der Waals surface area contributed by atoms with Gasteiger partial charge in [0.2, 0.25) is 5.91 Å². The molecule has 118 valence electrons. The molecule has 0 bridgehead atoms. The zero-order valence-electron chi connectivity index (χ0n) is 13.4. The normalized spacial score (nSPS) is 27.2. The number of hydrogen-bond acceptors (Lipinski definition) is 4. The molecule has 1 amide bonds. The first-order valence-corrected chi connectivity index (χ1v) is 7.84. The molecule has 1 aliphatic rings. The third kappa shape index (κ3) is 4.43. The molecular formula is C15H31N3O2. The molecule has 20 heavy (non-hydrogen) atoms. The molecule has 5 heteroatoms. The molecule has 1 saturated heterocycles. The van der Waals surface area contributed by atoms with Crippen LogP contribution in [0.4, 0.5) is 0 Å². The quantitative estimate of drug-likeness (QED) is 0.697. The van der Waals surface area contributed by atoms with Crippen LogP contribution < -0.4 is 11.1 Å². The molecule has 2 atom stereocenters. The van der Waals surface area contributed by atoms with Crippen molar-refractivity contribution in [3.8, 4) is 0 Å². The first-order chi connectivity index (χ1) is 9.45. The van der Waals surface area contributed by atoms with E-state index < -0.39 is 5.54 Å². The second-order valence-corrected chi connectivity index (χ2v) is 6.01. The lowest BCUT2D eigenvalue weighted by Gasteiger charge is -2.41. The number of ether oxygens (including phenoxy) is 1. The Bertz CT molecular complexity index is 305. The Morgan fingerprint density at radius 3 is 2.60 bits per heavy atom. The molecule has 0 saturated carbocycles. The number of carbonyl (C=O) groups is 1. The van der Waals surface area contributed by atoms with Crippen LogP contribution in [0.5, 0.6) is 0 Å². The fourth-order valence-corrected chi connectivity index (χ4v) is 2.78. The van der Waals surface area contributed by atoms with Gasteiger partial charge in [-0.2, -0.15) is 0 Å². The molecule has 0 aliphatic carbocycles. The van der Waals surface area contributed by atoms with Crippen LogP contribution in [0.1, 0.15) is 40.5 Å². The number of primary amides is 1. The molecule has 0 radical (unpaired) electrons. The summed E-state index contributed by atoms with van der Waals surface area (Å²) in [5.74, 6) is 0.157. The SMILES string of the molecule is CCN(CC)CCNC1(C(N)=O)CCOC(C(C)C)C1. The van der Waals surface area contributed by atoms with Crippen LogP contribution in [-0.4, -0.2) is 55.2 Å². The molecule has 1 fully saturated rings. The summed E-state index contributed by atoms with van der Waals surface area (Å²) in [7, 11) is 0. The lowest BCUT2D eigenvalue weighted by atomic mass is 9.82. The van der Waals surface area contributed by atoms with Gasteiger partial charge in [-0.15, -0.1) is 0 Å². The third-order valence-electron chi connectivity index (χ3n) is 4.41. The van der Waals surface area contributed by atoms with E-state index in [-0.39, 0.29) is 12.0 Å². The van der Waals surface area contributed by atoms with Crippen molar-refractivity contribution in [1.29, 1.82) is 0 Å². The summed E-state index contributed by atoms with van der Waals surface area (Å²) in [5, 5.41) is 3.42. The highest BCUT2D eigenvalue weighted by Crippen LogP contribution is 2.28. The average molecular weight is 285 g/mol. The van der Waals surface area contributed by atoms with Gasteiger partial charge < -0.3 is 20.7 Å². The van der Waals surface area contributed by atoms with E-state index in [1.165, 1.54) is 0 Å². The minimum absolute atomic E-state index is 0.109. The van der Waals surface area contributed by atoms with E-state index in [1.807, 2.05) is 0 Å². The molecule has 0 spiro atoms. The molecular weight excluding hydrogens is 254 g/mol.